The highest BCUT2D eigenvalue weighted by Gasteiger charge is 2.35. The van der Waals surface area contributed by atoms with Gasteiger partial charge in [-0.25, -0.2) is 0 Å². The topological polar surface area (TPSA) is 95.9 Å². The lowest BCUT2D eigenvalue weighted by Crippen LogP contribution is -2.46. The predicted molar refractivity (Wildman–Crippen MR) is 96.6 cm³/mol. The Balaban J connectivity index is 1.98. The van der Waals surface area contributed by atoms with Crippen LogP contribution in [0.5, 0.6) is 5.75 Å². The maximum atomic E-state index is 12.9. The lowest BCUT2D eigenvalue weighted by atomic mass is 10.1. The van der Waals surface area contributed by atoms with E-state index < -0.39 is 12.0 Å². The van der Waals surface area contributed by atoms with Crippen molar-refractivity contribution in [2.24, 2.45) is 0 Å². The number of carbonyl (C=O) groups excluding carboxylic acids is 2. The summed E-state index contributed by atoms with van der Waals surface area (Å²) in [5.74, 6) is -0.932. The van der Waals surface area contributed by atoms with E-state index in [1.165, 1.54) is 7.11 Å². The van der Waals surface area contributed by atoms with E-state index in [2.05, 4.69) is 5.32 Å². The van der Waals surface area contributed by atoms with Gasteiger partial charge >= 0.3 is 5.97 Å². The van der Waals surface area contributed by atoms with E-state index in [9.17, 15) is 14.4 Å². The normalized spacial score (nSPS) is 16.4. The van der Waals surface area contributed by atoms with E-state index in [0.717, 1.165) is 6.42 Å². The fourth-order valence-electron chi connectivity index (χ4n) is 3.02. The second kappa shape index (κ2) is 9.43. The fourth-order valence-corrected chi connectivity index (χ4v) is 3.19. The van der Waals surface area contributed by atoms with Crippen LogP contribution in [0.2, 0.25) is 5.02 Å². The van der Waals surface area contributed by atoms with E-state index in [1.807, 2.05) is 0 Å². The molecule has 0 aromatic heterocycles. The number of halogens is 1. The lowest BCUT2D eigenvalue weighted by molar-refractivity contribution is -0.137. The van der Waals surface area contributed by atoms with Crippen molar-refractivity contribution in [3.8, 4) is 5.75 Å². The summed E-state index contributed by atoms with van der Waals surface area (Å²) in [7, 11) is 1.48. The average Bonchev–Trinajstić information content (AvgIpc) is 3.10. The molecule has 0 saturated carbocycles. The first kappa shape index (κ1) is 20.0. The van der Waals surface area contributed by atoms with E-state index in [0.29, 0.717) is 48.7 Å². The molecule has 26 heavy (non-hydrogen) atoms. The maximum absolute atomic E-state index is 12.9. The van der Waals surface area contributed by atoms with Crippen LogP contribution in [-0.2, 0) is 9.59 Å². The van der Waals surface area contributed by atoms with Gasteiger partial charge in [-0.15, -0.1) is 0 Å². The van der Waals surface area contributed by atoms with Crippen LogP contribution in [0.25, 0.3) is 0 Å². The van der Waals surface area contributed by atoms with Gasteiger partial charge in [-0.3, -0.25) is 14.4 Å². The third kappa shape index (κ3) is 5.11. The van der Waals surface area contributed by atoms with Crippen molar-refractivity contribution in [1.29, 1.82) is 0 Å². The quantitative estimate of drug-likeness (QED) is 0.673. The third-order valence-electron chi connectivity index (χ3n) is 4.32. The van der Waals surface area contributed by atoms with Crippen molar-refractivity contribution < 1.29 is 24.2 Å². The van der Waals surface area contributed by atoms with Crippen LogP contribution in [-0.4, -0.2) is 54.0 Å². The Morgan fingerprint density at radius 2 is 2.12 bits per heavy atom. The molecule has 1 unspecified atom stereocenters. The number of carboxylic acid groups (broad SMARTS) is 1. The Hall–Kier alpha value is -2.28. The minimum Gasteiger partial charge on any atom is -0.496 e. The summed E-state index contributed by atoms with van der Waals surface area (Å²) in [4.78, 5) is 37.3. The highest BCUT2D eigenvalue weighted by atomic mass is 35.5. The van der Waals surface area contributed by atoms with Crippen LogP contribution in [0.1, 0.15) is 42.5 Å². The zero-order valence-corrected chi connectivity index (χ0v) is 15.4. The molecule has 1 heterocycles. The molecule has 7 nitrogen and oxygen atoms in total. The van der Waals surface area contributed by atoms with Crippen molar-refractivity contribution in [3.63, 3.8) is 0 Å². The molecule has 0 bridgehead atoms. The first-order valence-electron chi connectivity index (χ1n) is 8.58. The number of benzene rings is 1. The molecular weight excluding hydrogens is 360 g/mol. The number of hydrogen-bond donors (Lipinski definition) is 2. The van der Waals surface area contributed by atoms with Crippen LogP contribution in [0.15, 0.2) is 18.2 Å². The smallest absolute Gasteiger partial charge is 0.303 e. The van der Waals surface area contributed by atoms with Gasteiger partial charge in [0.05, 0.1) is 12.7 Å². The second-order valence-corrected chi connectivity index (χ2v) is 6.58. The summed E-state index contributed by atoms with van der Waals surface area (Å²) < 4.78 is 5.23. The monoisotopic (exact) mass is 382 g/mol. The Bertz CT molecular complexity index is 680. The highest BCUT2D eigenvalue weighted by Crippen LogP contribution is 2.27. The van der Waals surface area contributed by atoms with Gasteiger partial charge < -0.3 is 20.1 Å². The molecule has 2 amide bonds. The Labute approximate surface area is 157 Å². The number of hydrogen-bond acceptors (Lipinski definition) is 4. The summed E-state index contributed by atoms with van der Waals surface area (Å²) in [5, 5.41) is 11.8. The summed E-state index contributed by atoms with van der Waals surface area (Å²) in [6.45, 7) is 0.886. The number of methoxy groups -OCH3 is 1. The molecule has 0 aliphatic carbocycles. The van der Waals surface area contributed by atoms with Crippen molar-refractivity contribution in [3.05, 3.63) is 28.8 Å². The summed E-state index contributed by atoms with van der Waals surface area (Å²) in [6, 6.07) is 4.28. The Kier molecular flexibility index (Phi) is 7.26. The van der Waals surface area contributed by atoms with Gasteiger partial charge in [0.25, 0.3) is 5.91 Å². The second-order valence-electron chi connectivity index (χ2n) is 6.14. The summed E-state index contributed by atoms with van der Waals surface area (Å²) >= 11 is 6.00. The molecule has 1 saturated heterocycles. The molecule has 0 spiro atoms. The van der Waals surface area contributed by atoms with Crippen molar-refractivity contribution >= 4 is 29.4 Å². The molecule has 142 valence electrons. The molecular formula is C18H23ClN2O5. The van der Waals surface area contributed by atoms with Crippen LogP contribution < -0.4 is 10.1 Å². The van der Waals surface area contributed by atoms with E-state index >= 15 is 0 Å². The Morgan fingerprint density at radius 1 is 1.35 bits per heavy atom. The molecule has 2 rings (SSSR count). The molecule has 1 aromatic carbocycles. The maximum Gasteiger partial charge on any atom is 0.303 e. The van der Waals surface area contributed by atoms with E-state index in [-0.39, 0.29) is 18.2 Å². The van der Waals surface area contributed by atoms with Crippen molar-refractivity contribution in [2.75, 3.05) is 20.2 Å². The number of likely N-dealkylation sites (tertiary alicyclic amines) is 1. The van der Waals surface area contributed by atoms with Gasteiger partial charge in [-0.1, -0.05) is 11.6 Å². The van der Waals surface area contributed by atoms with Gasteiger partial charge in [0.15, 0.2) is 0 Å². The largest absolute Gasteiger partial charge is 0.496 e. The molecule has 8 heteroatoms. The Morgan fingerprint density at radius 3 is 2.81 bits per heavy atom. The predicted octanol–water partition coefficient (Wildman–Crippen LogP) is 2.32. The number of rotatable bonds is 8. The van der Waals surface area contributed by atoms with Gasteiger partial charge in [-0.2, -0.15) is 0 Å². The minimum absolute atomic E-state index is 0.0818. The minimum atomic E-state index is -0.848. The molecule has 1 fully saturated rings. The number of carbonyl (C=O) groups is 3. The van der Waals surface area contributed by atoms with Gasteiger partial charge in [0, 0.05) is 24.5 Å². The van der Waals surface area contributed by atoms with Crippen LogP contribution in [0.3, 0.4) is 0 Å². The number of amides is 2. The first-order valence-corrected chi connectivity index (χ1v) is 8.96. The zero-order valence-electron chi connectivity index (χ0n) is 14.7. The van der Waals surface area contributed by atoms with Gasteiger partial charge in [0.1, 0.15) is 11.8 Å². The van der Waals surface area contributed by atoms with Gasteiger partial charge in [-0.05, 0) is 43.9 Å². The first-order chi connectivity index (χ1) is 12.4. The highest BCUT2D eigenvalue weighted by molar-refractivity contribution is 6.31. The molecule has 2 N–H and O–H groups in total. The number of nitrogens with one attached hydrogen (secondary N) is 1. The molecule has 1 aromatic rings. The van der Waals surface area contributed by atoms with E-state index in [4.69, 9.17) is 21.4 Å². The van der Waals surface area contributed by atoms with Crippen molar-refractivity contribution in [2.45, 2.75) is 38.1 Å². The third-order valence-corrected chi connectivity index (χ3v) is 4.56. The van der Waals surface area contributed by atoms with Crippen molar-refractivity contribution in [1.82, 2.24) is 10.2 Å². The fraction of sp³-hybridized carbons (Fsp3) is 0.500. The summed E-state index contributed by atoms with van der Waals surface area (Å²) in [6.07, 6.45) is 2.50. The zero-order chi connectivity index (χ0) is 19.1. The molecule has 1 aliphatic heterocycles. The van der Waals surface area contributed by atoms with Gasteiger partial charge in [0.2, 0.25) is 5.91 Å². The van der Waals surface area contributed by atoms with Crippen LogP contribution >= 0.6 is 11.6 Å². The number of carboxylic acids is 1. The molecule has 1 atom stereocenters. The van der Waals surface area contributed by atoms with E-state index in [1.54, 1.807) is 23.1 Å². The number of unbranched alkanes of at least 4 members (excludes halogenated alkanes) is 1. The number of aliphatic carboxylic acids is 1. The standard InChI is InChI=1S/C18H23ClN2O5/c1-26-15-8-7-12(19)11-13(15)18(25)21-10-4-5-14(21)17(24)20-9-3-2-6-16(22)23/h7-8,11,14H,2-6,9-10H2,1H3,(H,20,24)(H,22,23). The lowest BCUT2D eigenvalue weighted by Gasteiger charge is -2.25. The average molecular weight is 383 g/mol. The molecule has 1 aliphatic rings. The van der Waals surface area contributed by atoms with Crippen LogP contribution in [0.4, 0.5) is 0 Å². The van der Waals surface area contributed by atoms with Crippen LogP contribution in [0, 0.1) is 0 Å². The molecule has 0 radical (unpaired) electrons. The SMILES string of the molecule is COc1ccc(Cl)cc1C(=O)N1CCCC1C(=O)NCCCCC(=O)O. The number of ether oxygens (including phenoxy) is 1. The number of nitrogens with zero attached hydrogens (tertiary/aromatic N) is 1. The summed E-state index contributed by atoms with van der Waals surface area (Å²) in [5.41, 5.74) is 0.334.